The summed E-state index contributed by atoms with van der Waals surface area (Å²) in [6.07, 6.45) is 0. The average molecular weight is 781 g/mol. The molecule has 13 aromatic rings. The van der Waals surface area contributed by atoms with Crippen molar-refractivity contribution in [1.29, 1.82) is 0 Å². The summed E-state index contributed by atoms with van der Waals surface area (Å²) >= 11 is 0. The molecule has 0 fully saturated rings. The van der Waals surface area contributed by atoms with Crippen molar-refractivity contribution in [2.75, 3.05) is 0 Å². The lowest BCUT2D eigenvalue weighted by Gasteiger charge is -2.13. The van der Waals surface area contributed by atoms with E-state index in [0.29, 0.717) is 0 Å². The third-order valence-electron chi connectivity index (χ3n) is 12.4. The summed E-state index contributed by atoms with van der Waals surface area (Å²) in [7, 11) is 0. The van der Waals surface area contributed by atoms with E-state index in [2.05, 4.69) is 237 Å². The minimum Gasteiger partial charge on any atom is -0.456 e. The van der Waals surface area contributed by atoms with Crippen LogP contribution in [0.25, 0.3) is 111 Å². The summed E-state index contributed by atoms with van der Waals surface area (Å²) in [5.74, 6) is 1.65. The van der Waals surface area contributed by atoms with Crippen LogP contribution in [-0.2, 0) is 0 Å². The number of hydrogen-bond donors (Lipinski definition) is 0. The largest absolute Gasteiger partial charge is 0.456 e. The number of aromatic nitrogens is 4. The standard InChI is InChI=1S/C56H36N4O/c1-5-17-39(18-6-1)57-47-27-15-13-25-43(47)53-45-31-29-37(35-49(45)59(55(53)57)41-21-9-3-10-22-41)51-33-34-52(61-51)38-30-32-46-50(36-38)60(42-23-11-4-12-24-42)56-54(46)44-26-14-16-28-48(44)58(56)40-19-7-2-8-20-40/h1-36H. The zero-order valence-electron chi connectivity index (χ0n) is 33.0. The third-order valence-corrected chi connectivity index (χ3v) is 12.4. The first kappa shape index (κ1) is 33.7. The molecule has 0 saturated heterocycles. The van der Waals surface area contributed by atoms with Crippen molar-refractivity contribution < 1.29 is 4.42 Å². The summed E-state index contributed by atoms with van der Waals surface area (Å²) in [5, 5.41) is 7.33. The van der Waals surface area contributed by atoms with E-state index in [-0.39, 0.29) is 0 Å². The second-order valence-corrected chi connectivity index (χ2v) is 15.7. The van der Waals surface area contributed by atoms with Gasteiger partial charge in [-0.3, -0.25) is 18.3 Å². The van der Waals surface area contributed by atoms with Crippen molar-refractivity contribution in [1.82, 2.24) is 18.3 Å². The molecule has 0 aliphatic rings. The monoisotopic (exact) mass is 780 g/mol. The van der Waals surface area contributed by atoms with Crippen LogP contribution in [0.4, 0.5) is 0 Å². The fourth-order valence-corrected chi connectivity index (χ4v) is 9.80. The second kappa shape index (κ2) is 13.1. The number of fused-ring (bicyclic) bond motifs is 10. The molecule has 5 aromatic heterocycles. The molecule has 286 valence electrons. The molecule has 61 heavy (non-hydrogen) atoms. The maximum atomic E-state index is 6.85. The van der Waals surface area contributed by atoms with E-state index in [1.54, 1.807) is 0 Å². The molecule has 0 atom stereocenters. The van der Waals surface area contributed by atoms with Crippen molar-refractivity contribution in [2.24, 2.45) is 0 Å². The Kier molecular flexibility index (Phi) is 7.24. The first-order chi connectivity index (χ1) is 30.3. The van der Waals surface area contributed by atoms with E-state index in [0.717, 1.165) is 67.7 Å². The van der Waals surface area contributed by atoms with Crippen LogP contribution in [0, 0.1) is 0 Å². The quantitative estimate of drug-likeness (QED) is 0.165. The molecule has 0 radical (unpaired) electrons. The van der Waals surface area contributed by atoms with Gasteiger partial charge in [-0.1, -0.05) is 133 Å². The fourth-order valence-electron chi connectivity index (χ4n) is 9.80. The average Bonchev–Trinajstić information content (AvgIpc) is 4.15. The summed E-state index contributed by atoms with van der Waals surface area (Å²) in [4.78, 5) is 0. The molecule has 0 N–H and O–H groups in total. The summed E-state index contributed by atoms with van der Waals surface area (Å²) in [6.45, 7) is 0. The second-order valence-electron chi connectivity index (χ2n) is 15.7. The first-order valence-corrected chi connectivity index (χ1v) is 20.8. The Labute approximate surface area is 350 Å². The van der Waals surface area contributed by atoms with E-state index < -0.39 is 0 Å². The smallest absolute Gasteiger partial charge is 0.134 e. The van der Waals surface area contributed by atoms with Gasteiger partial charge in [-0.2, -0.15) is 0 Å². The van der Waals surface area contributed by atoms with Crippen molar-refractivity contribution in [3.05, 3.63) is 218 Å². The molecule has 5 heteroatoms. The molecule has 5 heterocycles. The zero-order valence-corrected chi connectivity index (χ0v) is 33.0. The van der Waals surface area contributed by atoms with Crippen LogP contribution in [0.3, 0.4) is 0 Å². The minimum atomic E-state index is 0.823. The van der Waals surface area contributed by atoms with Crippen LogP contribution < -0.4 is 0 Å². The fraction of sp³-hybridized carbons (Fsp3) is 0. The van der Waals surface area contributed by atoms with Gasteiger partial charge < -0.3 is 4.42 Å². The topological polar surface area (TPSA) is 32.9 Å². The van der Waals surface area contributed by atoms with E-state index in [1.807, 2.05) is 0 Å². The highest BCUT2D eigenvalue weighted by Gasteiger charge is 2.25. The predicted octanol–water partition coefficient (Wildman–Crippen LogP) is 14.7. The van der Waals surface area contributed by atoms with Crippen molar-refractivity contribution in [2.45, 2.75) is 0 Å². The van der Waals surface area contributed by atoms with Gasteiger partial charge in [0, 0.05) is 66.2 Å². The molecule has 0 bridgehead atoms. The molecule has 0 spiro atoms. The van der Waals surface area contributed by atoms with Gasteiger partial charge in [-0.25, -0.2) is 0 Å². The number of para-hydroxylation sites is 6. The van der Waals surface area contributed by atoms with Crippen LogP contribution >= 0.6 is 0 Å². The molecular formula is C56H36N4O. The number of furan rings is 1. The highest BCUT2D eigenvalue weighted by atomic mass is 16.3. The Morgan fingerprint density at radius 2 is 0.574 bits per heavy atom. The van der Waals surface area contributed by atoms with Crippen molar-refractivity contribution in [3.63, 3.8) is 0 Å². The van der Waals surface area contributed by atoms with Crippen molar-refractivity contribution >= 4 is 65.7 Å². The van der Waals surface area contributed by atoms with Gasteiger partial charge in [0.15, 0.2) is 0 Å². The van der Waals surface area contributed by atoms with Gasteiger partial charge in [0.2, 0.25) is 0 Å². The van der Waals surface area contributed by atoms with Gasteiger partial charge in [0.25, 0.3) is 0 Å². The van der Waals surface area contributed by atoms with E-state index in [9.17, 15) is 0 Å². The first-order valence-electron chi connectivity index (χ1n) is 20.8. The molecule has 0 amide bonds. The van der Waals surface area contributed by atoms with Crippen LogP contribution in [0.1, 0.15) is 0 Å². The van der Waals surface area contributed by atoms with Crippen LogP contribution in [0.15, 0.2) is 223 Å². The highest BCUT2D eigenvalue weighted by Crippen LogP contribution is 2.44. The molecule has 0 aliphatic heterocycles. The Hall–Kier alpha value is -8.28. The number of hydrogen-bond acceptors (Lipinski definition) is 1. The van der Waals surface area contributed by atoms with Crippen LogP contribution in [0.2, 0.25) is 0 Å². The van der Waals surface area contributed by atoms with Crippen LogP contribution in [-0.4, -0.2) is 18.3 Å². The van der Waals surface area contributed by atoms with Gasteiger partial charge in [-0.05, 0) is 84.9 Å². The number of benzene rings is 8. The molecule has 0 aliphatic carbocycles. The van der Waals surface area contributed by atoms with E-state index in [1.165, 1.54) is 43.4 Å². The van der Waals surface area contributed by atoms with Gasteiger partial charge in [-0.15, -0.1) is 0 Å². The Bertz CT molecular complexity index is 3540. The maximum absolute atomic E-state index is 6.85. The molecule has 8 aromatic carbocycles. The van der Waals surface area contributed by atoms with Crippen molar-refractivity contribution in [3.8, 4) is 45.4 Å². The molecule has 0 saturated carbocycles. The number of rotatable bonds is 6. The minimum absolute atomic E-state index is 0.823. The Balaban J connectivity index is 1.01. The SMILES string of the molecule is c1ccc(-n2c3ccccc3c3c4ccc(-c5ccc(-c6ccc7c8c9ccccc9n(-c9ccccc9)c8n(-c8ccccc8)c7c6)o5)cc4n(-c4ccccc4)c32)cc1. The van der Waals surface area contributed by atoms with Gasteiger partial charge in [0.05, 0.1) is 22.1 Å². The Morgan fingerprint density at radius 1 is 0.262 bits per heavy atom. The van der Waals surface area contributed by atoms with Gasteiger partial charge >= 0.3 is 0 Å². The molecular weight excluding hydrogens is 745 g/mol. The third kappa shape index (κ3) is 4.95. The molecule has 0 unspecified atom stereocenters. The van der Waals surface area contributed by atoms with E-state index >= 15 is 0 Å². The Morgan fingerprint density at radius 3 is 0.951 bits per heavy atom. The lowest BCUT2D eigenvalue weighted by atomic mass is 10.1. The maximum Gasteiger partial charge on any atom is 0.134 e. The van der Waals surface area contributed by atoms with Crippen LogP contribution in [0.5, 0.6) is 0 Å². The summed E-state index contributed by atoms with van der Waals surface area (Å²) in [6, 6.07) is 78.0. The summed E-state index contributed by atoms with van der Waals surface area (Å²) in [5.41, 5.74) is 13.4. The zero-order chi connectivity index (χ0) is 40.0. The predicted molar refractivity (Wildman–Crippen MR) is 252 cm³/mol. The van der Waals surface area contributed by atoms with Gasteiger partial charge in [0.1, 0.15) is 22.8 Å². The lowest BCUT2D eigenvalue weighted by molar-refractivity contribution is 0.597. The highest BCUT2D eigenvalue weighted by molar-refractivity contribution is 6.24. The number of nitrogens with zero attached hydrogens (tertiary/aromatic N) is 4. The molecule has 13 rings (SSSR count). The normalized spacial score (nSPS) is 11.9. The summed E-state index contributed by atoms with van der Waals surface area (Å²) < 4.78 is 16.5. The lowest BCUT2D eigenvalue weighted by Crippen LogP contribution is -2.01. The van der Waals surface area contributed by atoms with E-state index in [4.69, 9.17) is 4.42 Å². The molecule has 5 nitrogen and oxygen atoms in total.